The summed E-state index contributed by atoms with van der Waals surface area (Å²) in [7, 11) is 0. The van der Waals surface area contributed by atoms with E-state index in [1.165, 1.54) is 5.56 Å². The Bertz CT molecular complexity index is 691. The monoisotopic (exact) mass is 345 g/mol. The summed E-state index contributed by atoms with van der Waals surface area (Å²) in [5, 5.41) is 13.0. The van der Waals surface area contributed by atoms with Crippen LogP contribution in [0.3, 0.4) is 0 Å². The highest BCUT2D eigenvalue weighted by molar-refractivity contribution is 5.88. The van der Waals surface area contributed by atoms with Crippen LogP contribution in [0.15, 0.2) is 34.9 Å². The van der Waals surface area contributed by atoms with E-state index < -0.39 is 5.91 Å². The molecule has 0 spiro atoms. The molecule has 8 nitrogen and oxygen atoms in total. The number of nitrogens with zero attached hydrogens (tertiary/aromatic N) is 4. The highest BCUT2D eigenvalue weighted by Gasteiger charge is 2.27. The van der Waals surface area contributed by atoms with Gasteiger partial charge in [-0.2, -0.15) is 4.98 Å². The van der Waals surface area contributed by atoms with Gasteiger partial charge in [0.15, 0.2) is 0 Å². The van der Waals surface area contributed by atoms with Gasteiger partial charge in [-0.05, 0) is 12.0 Å². The average molecular weight is 345 g/mol. The highest BCUT2D eigenvalue weighted by Crippen LogP contribution is 2.18. The number of carbonyl (C=O) groups is 1. The van der Waals surface area contributed by atoms with Crippen LogP contribution in [0.25, 0.3) is 0 Å². The van der Waals surface area contributed by atoms with E-state index in [2.05, 4.69) is 32.1 Å². The Morgan fingerprint density at radius 3 is 2.76 bits per heavy atom. The molecule has 1 saturated heterocycles. The Morgan fingerprint density at radius 2 is 2.08 bits per heavy atom. The third kappa shape index (κ3) is 4.62. The summed E-state index contributed by atoms with van der Waals surface area (Å²) in [5.74, 6) is -0.404. The third-order valence-corrected chi connectivity index (χ3v) is 4.43. The van der Waals surface area contributed by atoms with Crippen LogP contribution < -0.4 is 5.73 Å². The number of primary amides is 1. The second-order valence-corrected chi connectivity index (χ2v) is 6.23. The Balaban J connectivity index is 1.61. The van der Waals surface area contributed by atoms with Crippen molar-refractivity contribution in [2.24, 2.45) is 5.73 Å². The van der Waals surface area contributed by atoms with Crippen molar-refractivity contribution < 1.29 is 14.4 Å². The molecule has 8 heteroatoms. The number of piperazine rings is 1. The second kappa shape index (κ2) is 8.19. The molecule has 1 amide bonds. The van der Waals surface area contributed by atoms with Crippen LogP contribution >= 0.6 is 0 Å². The molecule has 1 fully saturated rings. The lowest BCUT2D eigenvalue weighted by Gasteiger charge is -2.41. The van der Waals surface area contributed by atoms with Crippen LogP contribution in [0.1, 0.15) is 28.5 Å². The van der Waals surface area contributed by atoms with Crippen molar-refractivity contribution in [3.05, 3.63) is 47.6 Å². The summed E-state index contributed by atoms with van der Waals surface area (Å²) >= 11 is 0. The number of hydrogen-bond acceptors (Lipinski definition) is 7. The van der Waals surface area contributed by atoms with Crippen molar-refractivity contribution in [3.63, 3.8) is 0 Å². The van der Waals surface area contributed by atoms with Gasteiger partial charge in [0, 0.05) is 38.8 Å². The minimum atomic E-state index is -0.694. The first kappa shape index (κ1) is 17.5. The van der Waals surface area contributed by atoms with Gasteiger partial charge in [0.2, 0.25) is 5.89 Å². The van der Waals surface area contributed by atoms with Gasteiger partial charge in [0.25, 0.3) is 11.7 Å². The topological polar surface area (TPSA) is 109 Å². The molecule has 2 heterocycles. The molecule has 0 aliphatic carbocycles. The minimum Gasteiger partial charge on any atom is -0.396 e. The maximum absolute atomic E-state index is 11.0. The Labute approximate surface area is 146 Å². The van der Waals surface area contributed by atoms with Crippen LogP contribution in [-0.4, -0.2) is 63.2 Å². The predicted molar refractivity (Wildman–Crippen MR) is 90.4 cm³/mol. The predicted octanol–water partition coefficient (Wildman–Crippen LogP) is 0.237. The fourth-order valence-corrected chi connectivity index (χ4v) is 3.16. The van der Waals surface area contributed by atoms with E-state index in [4.69, 9.17) is 10.3 Å². The number of nitrogens with two attached hydrogens (primary N) is 1. The average Bonchev–Trinajstić information content (AvgIpc) is 3.07. The first-order valence-electron chi connectivity index (χ1n) is 8.39. The fraction of sp³-hybridized carbons (Fsp3) is 0.471. The maximum Gasteiger partial charge on any atom is 0.290 e. The maximum atomic E-state index is 11.0. The smallest absolute Gasteiger partial charge is 0.290 e. The molecule has 3 rings (SSSR count). The summed E-state index contributed by atoms with van der Waals surface area (Å²) in [5.41, 5.74) is 6.41. The zero-order valence-electron chi connectivity index (χ0n) is 14.0. The number of aromatic nitrogens is 2. The van der Waals surface area contributed by atoms with Gasteiger partial charge < -0.3 is 15.4 Å². The van der Waals surface area contributed by atoms with E-state index in [0.717, 1.165) is 26.2 Å². The number of amides is 1. The lowest BCUT2D eigenvalue weighted by Crippen LogP contribution is -2.52. The molecule has 1 aromatic heterocycles. The van der Waals surface area contributed by atoms with Crippen molar-refractivity contribution in [1.29, 1.82) is 0 Å². The van der Waals surface area contributed by atoms with E-state index in [0.29, 0.717) is 18.9 Å². The molecule has 1 atom stereocenters. The zero-order chi connectivity index (χ0) is 17.6. The first-order valence-corrected chi connectivity index (χ1v) is 8.39. The van der Waals surface area contributed by atoms with Gasteiger partial charge in [-0.25, -0.2) is 0 Å². The fourth-order valence-electron chi connectivity index (χ4n) is 3.16. The van der Waals surface area contributed by atoms with Gasteiger partial charge >= 0.3 is 0 Å². The molecule has 25 heavy (non-hydrogen) atoms. The summed E-state index contributed by atoms with van der Waals surface area (Å²) in [6.45, 7) is 4.02. The van der Waals surface area contributed by atoms with Crippen LogP contribution in [0, 0.1) is 0 Å². The summed E-state index contributed by atoms with van der Waals surface area (Å²) in [6.07, 6.45) is 0.708. The summed E-state index contributed by atoms with van der Waals surface area (Å²) in [6, 6.07) is 10.6. The summed E-state index contributed by atoms with van der Waals surface area (Å²) < 4.78 is 5.08. The quantitative estimate of drug-likeness (QED) is 0.740. The molecule has 0 bridgehead atoms. The van der Waals surface area contributed by atoms with Gasteiger partial charge in [-0.1, -0.05) is 35.5 Å². The minimum absolute atomic E-state index is 0.0929. The number of carbonyl (C=O) groups excluding carboxylic acids is 1. The van der Waals surface area contributed by atoms with Crippen LogP contribution in [-0.2, 0) is 13.1 Å². The standard InChI is InChI=1S/C17H23N5O3/c18-16(24)17-19-15(25-20-17)12-21-7-8-22(14(11-21)6-9-23)10-13-4-2-1-3-5-13/h1-5,14,23H,6-12H2,(H2,18,24)/t14-/m0/s1. The molecule has 0 radical (unpaired) electrons. The molecular formula is C17H23N5O3. The van der Waals surface area contributed by atoms with Crippen LogP contribution in [0.2, 0.25) is 0 Å². The second-order valence-electron chi connectivity index (χ2n) is 6.23. The molecule has 134 valence electrons. The zero-order valence-corrected chi connectivity index (χ0v) is 14.0. The molecular weight excluding hydrogens is 322 g/mol. The van der Waals surface area contributed by atoms with Gasteiger partial charge in [0.05, 0.1) is 6.54 Å². The van der Waals surface area contributed by atoms with E-state index in [1.54, 1.807) is 0 Å². The lowest BCUT2D eigenvalue weighted by atomic mass is 10.1. The highest BCUT2D eigenvalue weighted by atomic mass is 16.5. The van der Waals surface area contributed by atoms with Gasteiger partial charge in [-0.15, -0.1) is 0 Å². The molecule has 2 aromatic rings. The van der Waals surface area contributed by atoms with E-state index in [1.807, 2.05) is 18.2 Å². The van der Waals surface area contributed by atoms with Gasteiger partial charge in [-0.3, -0.25) is 14.6 Å². The molecule has 0 unspecified atom stereocenters. The first-order chi connectivity index (χ1) is 12.2. The molecule has 1 aliphatic heterocycles. The molecule has 3 N–H and O–H groups in total. The van der Waals surface area contributed by atoms with E-state index >= 15 is 0 Å². The number of aliphatic hydroxyl groups is 1. The van der Waals surface area contributed by atoms with Gasteiger partial charge in [0.1, 0.15) is 0 Å². The lowest BCUT2D eigenvalue weighted by molar-refractivity contribution is 0.0450. The number of rotatable bonds is 7. The largest absolute Gasteiger partial charge is 0.396 e. The van der Waals surface area contributed by atoms with Crippen LogP contribution in [0.4, 0.5) is 0 Å². The molecule has 1 aromatic carbocycles. The molecule has 0 saturated carbocycles. The summed E-state index contributed by atoms with van der Waals surface area (Å²) in [4.78, 5) is 19.6. The van der Waals surface area contributed by atoms with Crippen molar-refractivity contribution in [1.82, 2.24) is 19.9 Å². The Kier molecular flexibility index (Phi) is 5.75. The number of benzene rings is 1. The normalized spacial score (nSPS) is 19.2. The van der Waals surface area contributed by atoms with Crippen molar-refractivity contribution >= 4 is 5.91 Å². The Morgan fingerprint density at radius 1 is 1.28 bits per heavy atom. The molecule has 1 aliphatic rings. The third-order valence-electron chi connectivity index (χ3n) is 4.43. The number of aliphatic hydroxyl groups excluding tert-OH is 1. The number of hydrogen-bond donors (Lipinski definition) is 2. The van der Waals surface area contributed by atoms with Crippen molar-refractivity contribution in [2.75, 3.05) is 26.2 Å². The van der Waals surface area contributed by atoms with Crippen LogP contribution in [0.5, 0.6) is 0 Å². The van der Waals surface area contributed by atoms with Crippen molar-refractivity contribution in [2.45, 2.75) is 25.6 Å². The van der Waals surface area contributed by atoms with E-state index in [9.17, 15) is 9.90 Å². The van der Waals surface area contributed by atoms with Crippen molar-refractivity contribution in [3.8, 4) is 0 Å². The SMILES string of the molecule is NC(=O)c1noc(CN2CCN(Cc3ccccc3)[C@@H](CCO)C2)n1. The Hall–Kier alpha value is -2.29. The van der Waals surface area contributed by atoms with E-state index in [-0.39, 0.29) is 18.5 Å².